The van der Waals surface area contributed by atoms with E-state index in [4.69, 9.17) is 11.6 Å². The minimum Gasteiger partial charge on any atom is -0.349 e. The van der Waals surface area contributed by atoms with Crippen LogP contribution in [0.2, 0.25) is 5.15 Å². The van der Waals surface area contributed by atoms with Crippen molar-refractivity contribution in [1.82, 2.24) is 15.2 Å². The molecular weight excluding hydrogens is 342 g/mol. The normalized spacial score (nSPS) is 20.9. The molecule has 2 heterocycles. The number of hydrogen-bond acceptors (Lipinski definition) is 3. The third-order valence-corrected chi connectivity index (χ3v) is 4.71. The maximum absolute atomic E-state index is 12.2. The van der Waals surface area contributed by atoms with Gasteiger partial charge in [0.25, 0.3) is 5.91 Å². The number of carbonyl (C=O) groups is 1. The first-order chi connectivity index (χ1) is 9.63. The topological polar surface area (TPSA) is 45.2 Å². The van der Waals surface area contributed by atoms with E-state index < -0.39 is 0 Å². The van der Waals surface area contributed by atoms with Crippen molar-refractivity contribution in [2.45, 2.75) is 37.8 Å². The van der Waals surface area contributed by atoms with E-state index in [0.29, 0.717) is 5.56 Å². The zero-order chi connectivity index (χ0) is 14.1. The minimum absolute atomic E-state index is 0.131. The molecular formula is C14H17BrClN3O. The van der Waals surface area contributed by atoms with Crippen LogP contribution in [-0.2, 0) is 0 Å². The van der Waals surface area contributed by atoms with Crippen LogP contribution < -0.4 is 5.32 Å². The fraction of sp³-hybridized carbons (Fsp3) is 0.571. The summed E-state index contributed by atoms with van der Waals surface area (Å²) in [6, 6.07) is 2.77. The quantitative estimate of drug-likeness (QED) is 0.845. The van der Waals surface area contributed by atoms with E-state index in [1.807, 2.05) is 0 Å². The van der Waals surface area contributed by atoms with Crippen LogP contribution in [0.1, 0.15) is 36.0 Å². The molecule has 2 aliphatic rings. The average Bonchev–Trinajstić information content (AvgIpc) is 3.27. The van der Waals surface area contributed by atoms with E-state index in [9.17, 15) is 4.79 Å². The van der Waals surface area contributed by atoms with E-state index in [-0.39, 0.29) is 17.1 Å². The summed E-state index contributed by atoms with van der Waals surface area (Å²) in [6.07, 6.45) is 6.31. The second kappa shape index (κ2) is 6.00. The van der Waals surface area contributed by atoms with Gasteiger partial charge in [-0.15, -0.1) is 0 Å². The Morgan fingerprint density at radius 2 is 2.05 bits per heavy atom. The predicted octanol–water partition coefficient (Wildman–Crippen LogP) is 2.85. The van der Waals surface area contributed by atoms with Crippen molar-refractivity contribution >= 4 is 33.4 Å². The van der Waals surface area contributed by atoms with E-state index in [1.165, 1.54) is 12.8 Å². The second-order valence-corrected chi connectivity index (χ2v) is 6.78. The van der Waals surface area contributed by atoms with Crippen LogP contribution >= 0.6 is 27.5 Å². The van der Waals surface area contributed by atoms with Gasteiger partial charge in [-0.1, -0.05) is 11.6 Å². The number of piperidine rings is 1. The molecule has 6 heteroatoms. The summed E-state index contributed by atoms with van der Waals surface area (Å²) >= 11 is 9.29. The second-order valence-electron chi connectivity index (χ2n) is 5.51. The Kier molecular flexibility index (Phi) is 4.29. The van der Waals surface area contributed by atoms with E-state index in [2.05, 4.69) is 31.1 Å². The van der Waals surface area contributed by atoms with Crippen LogP contribution in [0.3, 0.4) is 0 Å². The Hall–Kier alpha value is -0.650. The van der Waals surface area contributed by atoms with Gasteiger partial charge in [0.05, 0.1) is 5.56 Å². The number of carbonyl (C=O) groups excluding carboxylic acids is 1. The molecule has 0 unspecified atom stereocenters. The highest BCUT2D eigenvalue weighted by Gasteiger charge is 2.32. The molecule has 0 atom stereocenters. The zero-order valence-electron chi connectivity index (χ0n) is 11.1. The maximum atomic E-state index is 12.2. The van der Waals surface area contributed by atoms with Gasteiger partial charge in [-0.05, 0) is 47.7 Å². The van der Waals surface area contributed by atoms with Crippen molar-refractivity contribution in [2.24, 2.45) is 0 Å². The summed E-state index contributed by atoms with van der Waals surface area (Å²) < 4.78 is 0.760. The summed E-state index contributed by atoms with van der Waals surface area (Å²) in [5.74, 6) is -0.131. The summed E-state index contributed by atoms with van der Waals surface area (Å²) in [6.45, 7) is 2.17. The zero-order valence-corrected chi connectivity index (χ0v) is 13.5. The third kappa shape index (κ3) is 3.32. The summed E-state index contributed by atoms with van der Waals surface area (Å²) in [5.41, 5.74) is 0.436. The van der Waals surface area contributed by atoms with E-state index in [1.54, 1.807) is 12.3 Å². The average molecular weight is 359 g/mol. The number of rotatable bonds is 3. The lowest BCUT2D eigenvalue weighted by Crippen LogP contribution is -2.45. The highest BCUT2D eigenvalue weighted by Crippen LogP contribution is 2.29. The smallest absolute Gasteiger partial charge is 0.254 e. The van der Waals surface area contributed by atoms with Crippen LogP contribution in [-0.4, -0.2) is 41.0 Å². The monoisotopic (exact) mass is 357 g/mol. The fourth-order valence-corrected chi connectivity index (χ4v) is 3.21. The molecule has 0 spiro atoms. The lowest BCUT2D eigenvalue weighted by atomic mass is 10.0. The Balaban J connectivity index is 1.57. The first-order valence-electron chi connectivity index (χ1n) is 6.99. The molecule has 1 aromatic heterocycles. The van der Waals surface area contributed by atoms with Gasteiger partial charge in [-0.2, -0.15) is 0 Å². The Morgan fingerprint density at radius 3 is 2.70 bits per heavy atom. The molecule has 1 aliphatic heterocycles. The standard InChI is InChI=1S/C14H17BrClN3O/c15-9-7-12(13(16)17-8-9)14(20)18-10-3-5-19(6-4-10)11-1-2-11/h7-8,10-11H,1-6H2,(H,18,20). The molecule has 0 radical (unpaired) electrons. The van der Waals surface area contributed by atoms with Gasteiger partial charge in [0.15, 0.2) is 0 Å². The van der Waals surface area contributed by atoms with Gasteiger partial charge in [0, 0.05) is 35.8 Å². The van der Waals surface area contributed by atoms with Gasteiger partial charge >= 0.3 is 0 Å². The number of hydrogen-bond donors (Lipinski definition) is 1. The lowest BCUT2D eigenvalue weighted by Gasteiger charge is -2.32. The van der Waals surface area contributed by atoms with Gasteiger partial charge in [0.1, 0.15) is 5.15 Å². The van der Waals surface area contributed by atoms with Crippen molar-refractivity contribution in [3.63, 3.8) is 0 Å². The van der Waals surface area contributed by atoms with Gasteiger partial charge in [0.2, 0.25) is 0 Å². The van der Waals surface area contributed by atoms with Crippen molar-refractivity contribution < 1.29 is 4.79 Å². The van der Waals surface area contributed by atoms with Crippen molar-refractivity contribution in [3.8, 4) is 0 Å². The molecule has 0 bridgehead atoms. The van der Waals surface area contributed by atoms with Crippen molar-refractivity contribution in [1.29, 1.82) is 0 Å². The molecule has 108 valence electrons. The minimum atomic E-state index is -0.131. The Morgan fingerprint density at radius 1 is 1.35 bits per heavy atom. The van der Waals surface area contributed by atoms with Crippen molar-refractivity contribution in [2.75, 3.05) is 13.1 Å². The molecule has 3 rings (SSSR count). The first-order valence-corrected chi connectivity index (χ1v) is 8.16. The maximum Gasteiger partial charge on any atom is 0.254 e. The number of nitrogens with one attached hydrogen (secondary N) is 1. The molecule has 1 saturated heterocycles. The molecule has 1 aromatic rings. The predicted molar refractivity (Wildman–Crippen MR) is 82.0 cm³/mol. The number of nitrogens with zero attached hydrogens (tertiary/aromatic N) is 2. The highest BCUT2D eigenvalue weighted by atomic mass is 79.9. The lowest BCUT2D eigenvalue weighted by molar-refractivity contribution is 0.0909. The summed E-state index contributed by atoms with van der Waals surface area (Å²) in [5, 5.41) is 3.32. The Bertz CT molecular complexity index is 513. The van der Waals surface area contributed by atoms with E-state index in [0.717, 1.165) is 36.4 Å². The molecule has 1 aliphatic carbocycles. The van der Waals surface area contributed by atoms with Crippen LogP contribution in [0.15, 0.2) is 16.7 Å². The molecule has 0 aromatic carbocycles. The van der Waals surface area contributed by atoms with Crippen LogP contribution in [0, 0.1) is 0 Å². The number of amides is 1. The summed E-state index contributed by atoms with van der Waals surface area (Å²) in [7, 11) is 0. The molecule has 4 nitrogen and oxygen atoms in total. The van der Waals surface area contributed by atoms with Crippen LogP contribution in [0.25, 0.3) is 0 Å². The fourth-order valence-electron chi connectivity index (χ4n) is 2.69. The first kappa shape index (κ1) is 14.3. The number of pyridine rings is 1. The van der Waals surface area contributed by atoms with Crippen molar-refractivity contribution in [3.05, 3.63) is 27.5 Å². The number of aromatic nitrogens is 1. The van der Waals surface area contributed by atoms with Gasteiger partial charge in [-0.25, -0.2) is 4.98 Å². The number of halogens is 2. The van der Waals surface area contributed by atoms with Gasteiger partial charge in [-0.3, -0.25) is 4.79 Å². The molecule has 1 N–H and O–H groups in total. The highest BCUT2D eigenvalue weighted by molar-refractivity contribution is 9.10. The number of likely N-dealkylation sites (tertiary alicyclic amines) is 1. The van der Waals surface area contributed by atoms with Crippen LogP contribution in [0.4, 0.5) is 0 Å². The largest absolute Gasteiger partial charge is 0.349 e. The van der Waals surface area contributed by atoms with Gasteiger partial charge < -0.3 is 10.2 Å². The SMILES string of the molecule is O=C(NC1CCN(C2CC2)CC1)c1cc(Br)cnc1Cl. The summed E-state index contributed by atoms with van der Waals surface area (Å²) in [4.78, 5) is 18.8. The van der Waals surface area contributed by atoms with Crippen LogP contribution in [0.5, 0.6) is 0 Å². The Labute approximate surface area is 132 Å². The van der Waals surface area contributed by atoms with E-state index >= 15 is 0 Å². The molecule has 1 saturated carbocycles. The molecule has 1 amide bonds. The molecule has 2 fully saturated rings. The third-order valence-electron chi connectivity index (χ3n) is 3.98. The molecule has 20 heavy (non-hydrogen) atoms.